The van der Waals surface area contributed by atoms with Crippen molar-refractivity contribution in [2.45, 2.75) is 25.9 Å². The minimum absolute atomic E-state index is 0.00825. The summed E-state index contributed by atoms with van der Waals surface area (Å²) in [5, 5.41) is 4.25. The molecule has 0 aliphatic carbocycles. The highest BCUT2D eigenvalue weighted by Crippen LogP contribution is 2.23. The van der Waals surface area contributed by atoms with Crippen molar-refractivity contribution in [2.24, 2.45) is 5.92 Å². The van der Waals surface area contributed by atoms with E-state index in [4.69, 9.17) is 4.74 Å². The van der Waals surface area contributed by atoms with Gasteiger partial charge in [-0.15, -0.1) is 6.58 Å². The zero-order valence-corrected chi connectivity index (χ0v) is 14.3. The van der Waals surface area contributed by atoms with Crippen LogP contribution < -0.4 is 0 Å². The fourth-order valence-electron chi connectivity index (χ4n) is 3.38. The molecule has 1 fully saturated rings. The maximum absolute atomic E-state index is 12.9. The third kappa shape index (κ3) is 3.42. The molecule has 0 bridgehead atoms. The Morgan fingerprint density at radius 2 is 2.24 bits per heavy atom. The molecule has 0 unspecified atom stereocenters. The molecule has 0 aromatic carbocycles. The van der Waals surface area contributed by atoms with Gasteiger partial charge in [-0.05, 0) is 12.5 Å². The van der Waals surface area contributed by atoms with E-state index in [0.29, 0.717) is 32.7 Å². The van der Waals surface area contributed by atoms with Crippen LogP contribution in [0.2, 0.25) is 0 Å². The van der Waals surface area contributed by atoms with Crippen molar-refractivity contribution in [3.05, 3.63) is 30.1 Å². The number of amides is 2. The Kier molecular flexibility index (Phi) is 4.87. The van der Waals surface area contributed by atoms with E-state index in [9.17, 15) is 14.4 Å². The molecule has 25 heavy (non-hydrogen) atoms. The lowest BCUT2D eigenvalue weighted by atomic mass is 10.1. The second-order valence-electron chi connectivity index (χ2n) is 6.34. The van der Waals surface area contributed by atoms with E-state index in [1.54, 1.807) is 26.6 Å². The van der Waals surface area contributed by atoms with Gasteiger partial charge in [0.25, 0.3) is 0 Å². The predicted octanol–water partition coefficient (Wildman–Crippen LogP) is 0.436. The number of carbonyl (C=O) groups excluding carboxylic acids is 3. The van der Waals surface area contributed by atoms with Crippen molar-refractivity contribution in [3.63, 3.8) is 0 Å². The zero-order chi connectivity index (χ0) is 18.0. The lowest BCUT2D eigenvalue weighted by Crippen LogP contribution is -2.37. The summed E-state index contributed by atoms with van der Waals surface area (Å²) in [6, 6.07) is 1.67. The number of methoxy groups -OCH3 is 1. The first-order valence-corrected chi connectivity index (χ1v) is 8.36. The van der Waals surface area contributed by atoms with Crippen LogP contribution in [0.1, 0.15) is 29.0 Å². The number of aromatic nitrogens is 2. The van der Waals surface area contributed by atoms with Crippen molar-refractivity contribution in [1.29, 1.82) is 0 Å². The second-order valence-corrected chi connectivity index (χ2v) is 6.34. The molecule has 0 N–H and O–H groups in total. The average Bonchev–Trinajstić information content (AvgIpc) is 3.11. The first-order chi connectivity index (χ1) is 12.0. The second kappa shape index (κ2) is 7.08. The van der Waals surface area contributed by atoms with E-state index in [1.807, 2.05) is 0 Å². The molecule has 1 saturated heterocycles. The number of nitrogens with zero attached hydrogens (tertiary/aromatic N) is 4. The van der Waals surface area contributed by atoms with Crippen LogP contribution in [0.15, 0.2) is 18.7 Å². The molecule has 1 atom stereocenters. The number of esters is 1. The summed E-state index contributed by atoms with van der Waals surface area (Å²) in [5.41, 5.74) is 1.05. The Labute approximate surface area is 146 Å². The van der Waals surface area contributed by atoms with Gasteiger partial charge in [0, 0.05) is 32.6 Å². The molecule has 0 radical (unpaired) electrons. The summed E-state index contributed by atoms with van der Waals surface area (Å²) < 4.78 is 6.45. The number of aryl methyl sites for hydroxylation is 1. The highest BCUT2D eigenvalue weighted by molar-refractivity contribution is 5.89. The van der Waals surface area contributed by atoms with Gasteiger partial charge in [0.15, 0.2) is 5.69 Å². The van der Waals surface area contributed by atoms with Crippen LogP contribution in [0.25, 0.3) is 0 Å². The first kappa shape index (κ1) is 17.2. The van der Waals surface area contributed by atoms with Crippen molar-refractivity contribution < 1.29 is 19.1 Å². The molecule has 3 rings (SSSR count). The van der Waals surface area contributed by atoms with Gasteiger partial charge in [0.1, 0.15) is 0 Å². The summed E-state index contributed by atoms with van der Waals surface area (Å²) >= 11 is 0. The topological polar surface area (TPSA) is 84.7 Å². The normalized spacial score (nSPS) is 20.2. The van der Waals surface area contributed by atoms with Gasteiger partial charge in [0.2, 0.25) is 11.8 Å². The lowest BCUT2D eigenvalue weighted by molar-refractivity contribution is -0.136. The van der Waals surface area contributed by atoms with E-state index in [2.05, 4.69) is 11.7 Å². The molecule has 3 heterocycles. The number of carbonyl (C=O) groups is 3. The molecule has 8 nitrogen and oxygen atoms in total. The third-order valence-corrected chi connectivity index (χ3v) is 4.63. The highest BCUT2D eigenvalue weighted by Gasteiger charge is 2.36. The van der Waals surface area contributed by atoms with Gasteiger partial charge in [0.05, 0.1) is 25.3 Å². The van der Waals surface area contributed by atoms with Crippen molar-refractivity contribution in [3.8, 4) is 0 Å². The number of likely N-dealkylation sites (tertiary alicyclic amines) is 1. The maximum Gasteiger partial charge on any atom is 0.358 e. The first-order valence-electron chi connectivity index (χ1n) is 8.36. The summed E-state index contributed by atoms with van der Waals surface area (Å²) in [6.07, 6.45) is 2.66. The Morgan fingerprint density at radius 3 is 2.96 bits per heavy atom. The van der Waals surface area contributed by atoms with Crippen LogP contribution in [0.4, 0.5) is 0 Å². The van der Waals surface area contributed by atoms with Gasteiger partial charge >= 0.3 is 5.97 Å². The summed E-state index contributed by atoms with van der Waals surface area (Å²) in [7, 11) is 1.31. The van der Waals surface area contributed by atoms with Crippen molar-refractivity contribution in [2.75, 3.05) is 26.7 Å². The van der Waals surface area contributed by atoms with Gasteiger partial charge in [-0.2, -0.15) is 5.10 Å². The third-order valence-electron chi connectivity index (χ3n) is 4.63. The Hall–Kier alpha value is -2.64. The molecule has 8 heteroatoms. The largest absolute Gasteiger partial charge is 0.464 e. The van der Waals surface area contributed by atoms with Crippen LogP contribution in [-0.4, -0.2) is 64.1 Å². The number of ether oxygens (including phenoxy) is 1. The van der Waals surface area contributed by atoms with Gasteiger partial charge in [-0.3, -0.25) is 14.3 Å². The van der Waals surface area contributed by atoms with E-state index in [1.165, 1.54) is 7.11 Å². The van der Waals surface area contributed by atoms with Gasteiger partial charge in [-0.25, -0.2) is 4.79 Å². The summed E-state index contributed by atoms with van der Waals surface area (Å²) in [5.74, 6) is -0.831. The molecular formula is C17H22N4O4. The van der Waals surface area contributed by atoms with Gasteiger partial charge in [-0.1, -0.05) is 6.08 Å². The Balaban J connectivity index is 1.72. The smallest absolute Gasteiger partial charge is 0.358 e. The van der Waals surface area contributed by atoms with Crippen LogP contribution in [0.5, 0.6) is 0 Å². The molecule has 0 spiro atoms. The summed E-state index contributed by atoms with van der Waals surface area (Å²) in [4.78, 5) is 39.9. The monoisotopic (exact) mass is 346 g/mol. The maximum atomic E-state index is 12.9. The fourth-order valence-corrected chi connectivity index (χ4v) is 3.38. The summed E-state index contributed by atoms with van der Waals surface area (Å²) in [6.45, 7) is 6.19. The average molecular weight is 346 g/mol. The molecular weight excluding hydrogens is 324 g/mol. The van der Waals surface area contributed by atoms with E-state index < -0.39 is 5.97 Å². The number of hydrogen-bond donors (Lipinski definition) is 0. The molecule has 2 amide bonds. The van der Waals surface area contributed by atoms with Crippen LogP contribution in [-0.2, 0) is 27.4 Å². The molecule has 134 valence electrons. The van der Waals surface area contributed by atoms with Crippen LogP contribution in [0, 0.1) is 5.92 Å². The molecule has 2 aliphatic rings. The van der Waals surface area contributed by atoms with E-state index >= 15 is 0 Å². The minimum Gasteiger partial charge on any atom is -0.464 e. The molecule has 1 aromatic heterocycles. The number of fused-ring (bicyclic) bond motifs is 1. The number of hydrogen-bond acceptors (Lipinski definition) is 5. The Morgan fingerprint density at radius 1 is 1.44 bits per heavy atom. The van der Waals surface area contributed by atoms with E-state index in [-0.39, 0.29) is 29.8 Å². The Bertz CT molecular complexity index is 712. The van der Waals surface area contributed by atoms with Crippen molar-refractivity contribution in [1.82, 2.24) is 19.6 Å². The predicted molar refractivity (Wildman–Crippen MR) is 88.5 cm³/mol. The quantitative estimate of drug-likeness (QED) is 0.583. The highest BCUT2D eigenvalue weighted by atomic mass is 16.5. The lowest BCUT2D eigenvalue weighted by Gasteiger charge is -2.23. The SMILES string of the molecule is C=CCN1C[C@@H](C(=O)N2CCCn3nc(C(=O)OC)cc3C2)CC1=O. The molecule has 1 aromatic rings. The standard InChI is InChI=1S/C17H22N4O4/c1-3-5-19-10-12(8-15(19)22)16(23)20-6-4-7-21-13(11-20)9-14(18-21)17(24)25-2/h3,9,12H,1,4-8,10-11H2,2H3/t12-/m0/s1. The van der Waals surface area contributed by atoms with Crippen LogP contribution >= 0.6 is 0 Å². The van der Waals surface area contributed by atoms with E-state index in [0.717, 1.165) is 12.1 Å². The number of rotatable bonds is 4. The van der Waals surface area contributed by atoms with Crippen molar-refractivity contribution >= 4 is 17.8 Å². The van der Waals surface area contributed by atoms with Crippen LogP contribution in [0.3, 0.4) is 0 Å². The zero-order valence-electron chi connectivity index (χ0n) is 14.3. The minimum atomic E-state index is -0.486. The van der Waals surface area contributed by atoms with Gasteiger partial charge < -0.3 is 14.5 Å². The molecule has 0 saturated carbocycles. The fraction of sp³-hybridized carbons (Fsp3) is 0.529. The molecule has 2 aliphatic heterocycles.